The van der Waals surface area contributed by atoms with Crippen LogP contribution in [0.25, 0.3) is 21.5 Å². The first-order chi connectivity index (χ1) is 13.3. The van der Waals surface area contributed by atoms with Crippen molar-refractivity contribution in [1.82, 2.24) is 0 Å². The average molecular weight is 549 g/mol. The van der Waals surface area contributed by atoms with Crippen LogP contribution < -0.4 is 24.8 Å². The van der Waals surface area contributed by atoms with Gasteiger partial charge in [0.25, 0.3) is 0 Å². The van der Waals surface area contributed by atoms with Gasteiger partial charge in [-0.25, -0.2) is 0 Å². The maximum absolute atomic E-state index is 6.79. The normalized spacial score (nSPS) is 12.7. The second-order valence-electron chi connectivity index (χ2n) is 9.08. The van der Waals surface area contributed by atoms with Crippen molar-refractivity contribution in [2.45, 2.75) is 51.4 Å². The van der Waals surface area contributed by atoms with E-state index in [0.717, 1.165) is 6.42 Å². The van der Waals surface area contributed by atoms with Crippen LogP contribution in [-0.4, -0.2) is 14.4 Å². The van der Waals surface area contributed by atoms with Crippen molar-refractivity contribution in [3.8, 4) is 0 Å². The molecule has 4 aromatic carbocycles. The number of rotatable bonds is 6. The summed E-state index contributed by atoms with van der Waals surface area (Å²) >= 11 is 0. The minimum atomic E-state index is -1.69. The van der Waals surface area contributed by atoms with E-state index in [0.29, 0.717) is 0 Å². The number of fused-ring (bicyclic) bond motifs is 2. The molecule has 0 fully saturated rings. The molecule has 1 atom stereocenters. The molecule has 0 aliphatic rings. The fourth-order valence-electron chi connectivity index (χ4n) is 4.48. The van der Waals surface area contributed by atoms with Gasteiger partial charge in [-0.05, 0) is 26.1 Å². The molecule has 1 unspecified atom stereocenters. The Morgan fingerprint density at radius 1 is 0.839 bits per heavy atom. The summed E-state index contributed by atoms with van der Waals surface area (Å²) in [6.07, 6.45) is 1.14. The molecule has 4 rings (SSSR count). The van der Waals surface area contributed by atoms with Gasteiger partial charge in [0.1, 0.15) is 0 Å². The molecule has 0 heterocycles. The SMILES string of the molecule is CCC(O[Si](C)(C)C)C(C)(c1cc2ccccc2[cH-]1)c1cc2ccccc2[cH-]1.[Cl-].[Cl-].[Zr+4]. The topological polar surface area (TPSA) is 9.23 Å². The minimum absolute atomic E-state index is 0. The molecule has 162 valence electrons. The van der Waals surface area contributed by atoms with E-state index in [2.05, 4.69) is 106 Å². The Balaban J connectivity index is 0.00000160. The predicted octanol–water partition coefficient (Wildman–Crippen LogP) is 1.37. The molecule has 0 aliphatic heterocycles. The largest absolute Gasteiger partial charge is 4.00 e. The maximum Gasteiger partial charge on any atom is 4.00 e. The van der Waals surface area contributed by atoms with Gasteiger partial charge >= 0.3 is 26.2 Å². The van der Waals surface area contributed by atoms with Crippen molar-refractivity contribution < 1.29 is 55.4 Å². The third kappa shape index (κ3) is 5.63. The summed E-state index contributed by atoms with van der Waals surface area (Å²) in [6.45, 7) is 11.5. The first-order valence-corrected chi connectivity index (χ1v) is 13.7. The van der Waals surface area contributed by atoms with Crippen LogP contribution in [0.2, 0.25) is 19.6 Å². The van der Waals surface area contributed by atoms with E-state index >= 15 is 0 Å². The summed E-state index contributed by atoms with van der Waals surface area (Å²) in [5, 5.41) is 5.23. The molecule has 0 bridgehead atoms. The second-order valence-corrected chi connectivity index (χ2v) is 13.5. The van der Waals surface area contributed by atoms with Crippen LogP contribution in [-0.2, 0) is 36.0 Å². The van der Waals surface area contributed by atoms with Crippen molar-refractivity contribution in [2.75, 3.05) is 0 Å². The summed E-state index contributed by atoms with van der Waals surface area (Å²) < 4.78 is 6.79. The zero-order valence-corrected chi connectivity index (χ0v) is 23.8. The van der Waals surface area contributed by atoms with Gasteiger partial charge in [0.05, 0.1) is 6.10 Å². The van der Waals surface area contributed by atoms with Gasteiger partial charge in [-0.3, -0.25) is 0 Å². The Kier molecular flexibility index (Phi) is 10.0. The molecule has 1 nitrogen and oxygen atoms in total. The molecule has 0 radical (unpaired) electrons. The third-order valence-electron chi connectivity index (χ3n) is 5.95. The molecule has 0 aromatic heterocycles. The van der Waals surface area contributed by atoms with Crippen LogP contribution >= 0.6 is 0 Å². The van der Waals surface area contributed by atoms with Gasteiger partial charge in [0.15, 0.2) is 8.32 Å². The van der Waals surface area contributed by atoms with Gasteiger partial charge in [-0.15, -0.1) is 81.2 Å². The average Bonchev–Trinajstić information content (AvgIpc) is 3.29. The number of halogens is 2. The van der Waals surface area contributed by atoms with E-state index in [4.69, 9.17) is 4.43 Å². The summed E-state index contributed by atoms with van der Waals surface area (Å²) in [4.78, 5) is 0. The fraction of sp³-hybridized carbons (Fsp3) is 0.308. The van der Waals surface area contributed by atoms with Crippen LogP contribution in [0, 0.1) is 0 Å². The Bertz CT molecular complexity index is 969. The summed E-state index contributed by atoms with van der Waals surface area (Å²) in [6, 6.07) is 26.8. The summed E-state index contributed by atoms with van der Waals surface area (Å²) in [5.41, 5.74) is 2.52. The molecule has 5 heteroatoms. The van der Waals surface area contributed by atoms with Crippen LogP contribution in [0.1, 0.15) is 31.4 Å². The third-order valence-corrected chi connectivity index (χ3v) is 6.94. The Hall–Kier alpha value is -0.700. The van der Waals surface area contributed by atoms with Gasteiger partial charge in [0, 0.05) is 5.41 Å². The van der Waals surface area contributed by atoms with E-state index in [9.17, 15) is 0 Å². The zero-order chi connectivity index (χ0) is 19.9. The predicted molar refractivity (Wildman–Crippen MR) is 124 cm³/mol. The molecule has 0 amide bonds. The van der Waals surface area contributed by atoms with Gasteiger partial charge in [0.2, 0.25) is 0 Å². The molecule has 0 spiro atoms. The number of hydrogen-bond acceptors (Lipinski definition) is 1. The maximum atomic E-state index is 6.79. The first kappa shape index (κ1) is 28.3. The van der Waals surface area contributed by atoms with Crippen molar-refractivity contribution >= 4 is 29.9 Å². The van der Waals surface area contributed by atoms with Crippen LogP contribution in [0.4, 0.5) is 0 Å². The van der Waals surface area contributed by atoms with Crippen LogP contribution in [0.3, 0.4) is 0 Å². The Morgan fingerprint density at radius 3 is 1.61 bits per heavy atom. The van der Waals surface area contributed by atoms with Gasteiger partial charge < -0.3 is 29.2 Å². The van der Waals surface area contributed by atoms with E-state index in [1.165, 1.54) is 32.7 Å². The number of benzene rings is 2. The molecule has 4 aromatic rings. The second kappa shape index (κ2) is 10.9. The van der Waals surface area contributed by atoms with E-state index in [1.807, 2.05) is 0 Å². The van der Waals surface area contributed by atoms with E-state index in [1.54, 1.807) is 0 Å². The Morgan fingerprint density at radius 2 is 1.26 bits per heavy atom. The molecule has 0 saturated carbocycles. The van der Waals surface area contributed by atoms with Crippen LogP contribution in [0.15, 0.2) is 72.8 Å². The molecular weight excluding hydrogens is 519 g/mol. The first-order valence-electron chi connectivity index (χ1n) is 10.3. The standard InChI is InChI=1S/C26H30OSi.2ClH.Zr/c1-6-25(27-28(3,4)5)26(2,23-15-19-11-7-8-12-20(19)16-23)24-17-21-13-9-10-14-22(21)18-24;;;/h7-18,25H,6H2,1-5H3;2*1H;/q-2;;;+4/p-2. The molecule has 0 aliphatic carbocycles. The van der Waals surface area contributed by atoms with Crippen molar-refractivity contribution in [3.05, 3.63) is 83.9 Å². The van der Waals surface area contributed by atoms with Crippen molar-refractivity contribution in [2.24, 2.45) is 0 Å². The van der Waals surface area contributed by atoms with Crippen LogP contribution in [0.5, 0.6) is 0 Å². The molecule has 0 saturated heterocycles. The van der Waals surface area contributed by atoms with Crippen molar-refractivity contribution in [1.29, 1.82) is 0 Å². The Labute approximate surface area is 219 Å². The molecule has 0 N–H and O–H groups in total. The smallest absolute Gasteiger partial charge is 1.00 e. The fourth-order valence-corrected chi connectivity index (χ4v) is 5.73. The van der Waals surface area contributed by atoms with Crippen molar-refractivity contribution in [3.63, 3.8) is 0 Å². The molecule has 31 heavy (non-hydrogen) atoms. The molecular formula is C26H30Cl2OSiZr. The summed E-state index contributed by atoms with van der Waals surface area (Å²) in [7, 11) is -1.69. The minimum Gasteiger partial charge on any atom is -1.00 e. The zero-order valence-electron chi connectivity index (χ0n) is 18.9. The van der Waals surface area contributed by atoms with Gasteiger partial charge in [-0.2, -0.15) is 12.1 Å². The number of hydrogen-bond donors (Lipinski definition) is 0. The van der Waals surface area contributed by atoms with E-state index in [-0.39, 0.29) is 62.5 Å². The summed E-state index contributed by atoms with van der Waals surface area (Å²) in [5.74, 6) is 0. The van der Waals surface area contributed by atoms with Gasteiger partial charge in [-0.1, -0.05) is 26.0 Å². The van der Waals surface area contributed by atoms with E-state index < -0.39 is 8.32 Å². The quantitative estimate of drug-likeness (QED) is 0.261. The monoisotopic (exact) mass is 546 g/mol.